The normalized spacial score (nSPS) is 16.6. The number of aliphatic carboxylic acids is 1. The maximum atomic E-state index is 10.9. The molecule has 2 rings (SSSR count). The summed E-state index contributed by atoms with van der Waals surface area (Å²) in [6.07, 6.45) is 1.21. The highest BCUT2D eigenvalue weighted by Crippen LogP contribution is 2.23. The van der Waals surface area contributed by atoms with Crippen LogP contribution in [0.15, 0.2) is 12.1 Å². The van der Waals surface area contributed by atoms with Crippen LogP contribution in [0.3, 0.4) is 0 Å². The molecule has 1 aliphatic heterocycles. The van der Waals surface area contributed by atoms with Crippen molar-refractivity contribution in [3.63, 3.8) is 0 Å². The summed E-state index contributed by atoms with van der Waals surface area (Å²) in [5.41, 5.74) is -0.383. The van der Waals surface area contributed by atoms with Crippen molar-refractivity contribution < 1.29 is 19.6 Å². The SMILES string of the molecule is CN1CCC(Oc2ccc([N+](=O)[O-])c(CC(=O)O)n2)CC1. The standard InChI is InChI=1S/C13H17N3O5/c1-15-6-4-9(5-7-15)21-12-3-2-11(16(19)20)10(14-12)8-13(17)18/h2-3,9H,4-8H2,1H3,(H,17,18). The average Bonchev–Trinajstić information content (AvgIpc) is 2.40. The highest BCUT2D eigenvalue weighted by molar-refractivity contribution is 5.71. The number of carboxylic acids is 1. The largest absolute Gasteiger partial charge is 0.481 e. The summed E-state index contributed by atoms with van der Waals surface area (Å²) in [6.45, 7) is 1.83. The van der Waals surface area contributed by atoms with Gasteiger partial charge >= 0.3 is 5.97 Å². The number of carbonyl (C=O) groups is 1. The number of aromatic nitrogens is 1. The Labute approximate surface area is 121 Å². The number of ether oxygens (including phenoxy) is 1. The molecule has 0 bridgehead atoms. The second-order valence-corrected chi connectivity index (χ2v) is 5.06. The van der Waals surface area contributed by atoms with E-state index in [2.05, 4.69) is 9.88 Å². The number of nitro groups is 1. The van der Waals surface area contributed by atoms with Gasteiger partial charge in [-0.2, -0.15) is 0 Å². The van der Waals surface area contributed by atoms with Crippen molar-refractivity contribution in [3.05, 3.63) is 27.9 Å². The van der Waals surface area contributed by atoms with Crippen molar-refractivity contribution in [2.45, 2.75) is 25.4 Å². The van der Waals surface area contributed by atoms with Crippen LogP contribution < -0.4 is 4.74 Å². The Morgan fingerprint density at radius 3 is 2.76 bits per heavy atom. The molecule has 1 N–H and O–H groups in total. The van der Waals surface area contributed by atoms with Crippen LogP contribution >= 0.6 is 0 Å². The summed E-state index contributed by atoms with van der Waals surface area (Å²) in [6, 6.07) is 2.66. The molecule has 0 aromatic carbocycles. The molecule has 21 heavy (non-hydrogen) atoms. The van der Waals surface area contributed by atoms with Gasteiger partial charge in [-0.1, -0.05) is 0 Å². The molecule has 8 nitrogen and oxygen atoms in total. The van der Waals surface area contributed by atoms with E-state index in [0.717, 1.165) is 25.9 Å². The maximum Gasteiger partial charge on any atom is 0.309 e. The fourth-order valence-corrected chi connectivity index (χ4v) is 2.25. The Hall–Kier alpha value is -2.22. The van der Waals surface area contributed by atoms with Gasteiger partial charge in [0.25, 0.3) is 5.69 Å². The predicted molar refractivity (Wildman–Crippen MR) is 73.4 cm³/mol. The van der Waals surface area contributed by atoms with Crippen molar-refractivity contribution in [1.29, 1.82) is 0 Å². The van der Waals surface area contributed by atoms with E-state index in [1.165, 1.54) is 12.1 Å². The van der Waals surface area contributed by atoms with E-state index >= 15 is 0 Å². The number of carboxylic acid groups (broad SMARTS) is 1. The summed E-state index contributed by atoms with van der Waals surface area (Å²) < 4.78 is 5.71. The molecule has 0 atom stereocenters. The fraction of sp³-hybridized carbons (Fsp3) is 0.538. The van der Waals surface area contributed by atoms with Crippen LogP contribution in [0, 0.1) is 10.1 Å². The van der Waals surface area contributed by atoms with Gasteiger partial charge in [0.2, 0.25) is 5.88 Å². The van der Waals surface area contributed by atoms with Crippen LogP contribution in [0.2, 0.25) is 0 Å². The predicted octanol–water partition coefficient (Wildman–Crippen LogP) is 1.09. The van der Waals surface area contributed by atoms with Crippen molar-refractivity contribution in [1.82, 2.24) is 9.88 Å². The number of hydrogen-bond acceptors (Lipinski definition) is 6. The lowest BCUT2D eigenvalue weighted by atomic mass is 10.1. The first-order chi connectivity index (χ1) is 9.95. The van der Waals surface area contributed by atoms with Crippen molar-refractivity contribution in [2.24, 2.45) is 0 Å². The molecule has 0 radical (unpaired) electrons. The first-order valence-electron chi connectivity index (χ1n) is 6.67. The minimum Gasteiger partial charge on any atom is -0.481 e. The van der Waals surface area contributed by atoms with Gasteiger partial charge in [-0.15, -0.1) is 0 Å². The Balaban J connectivity index is 2.13. The number of pyridine rings is 1. The van der Waals surface area contributed by atoms with Gasteiger partial charge in [-0.25, -0.2) is 4.98 Å². The quantitative estimate of drug-likeness (QED) is 0.640. The smallest absolute Gasteiger partial charge is 0.309 e. The molecule has 1 aromatic heterocycles. The molecule has 0 unspecified atom stereocenters. The maximum absolute atomic E-state index is 10.9. The van der Waals surface area contributed by atoms with E-state index in [1.54, 1.807) is 0 Å². The van der Waals surface area contributed by atoms with Crippen molar-refractivity contribution in [2.75, 3.05) is 20.1 Å². The zero-order valence-corrected chi connectivity index (χ0v) is 11.7. The minimum atomic E-state index is -1.16. The van der Waals surface area contributed by atoms with E-state index in [-0.39, 0.29) is 23.4 Å². The molecular formula is C13H17N3O5. The molecule has 1 saturated heterocycles. The lowest BCUT2D eigenvalue weighted by molar-refractivity contribution is -0.385. The minimum absolute atomic E-state index is 0.00725. The Bertz CT molecular complexity index is 541. The van der Waals surface area contributed by atoms with Gasteiger partial charge in [0, 0.05) is 25.2 Å². The summed E-state index contributed by atoms with van der Waals surface area (Å²) in [7, 11) is 2.03. The lowest BCUT2D eigenvalue weighted by Gasteiger charge is -2.28. The second kappa shape index (κ2) is 6.49. The summed E-state index contributed by atoms with van der Waals surface area (Å²) in [4.78, 5) is 27.2. The Kier molecular flexibility index (Phi) is 4.69. The van der Waals surface area contributed by atoms with E-state index in [4.69, 9.17) is 9.84 Å². The average molecular weight is 295 g/mol. The Morgan fingerprint density at radius 1 is 1.52 bits per heavy atom. The van der Waals surface area contributed by atoms with E-state index < -0.39 is 17.3 Å². The lowest BCUT2D eigenvalue weighted by Crippen LogP contribution is -2.35. The number of likely N-dealkylation sites (tertiary alicyclic amines) is 1. The Morgan fingerprint density at radius 2 is 2.19 bits per heavy atom. The van der Waals surface area contributed by atoms with Crippen LogP contribution in [0.4, 0.5) is 5.69 Å². The monoisotopic (exact) mass is 295 g/mol. The third-order valence-corrected chi connectivity index (χ3v) is 3.39. The molecule has 0 saturated carbocycles. The highest BCUT2D eigenvalue weighted by atomic mass is 16.6. The van der Waals surface area contributed by atoms with Crippen LogP contribution in [0.5, 0.6) is 5.88 Å². The molecule has 8 heteroatoms. The van der Waals surface area contributed by atoms with E-state index in [0.29, 0.717) is 0 Å². The van der Waals surface area contributed by atoms with Crippen molar-refractivity contribution in [3.8, 4) is 5.88 Å². The highest BCUT2D eigenvalue weighted by Gasteiger charge is 2.22. The fourth-order valence-electron chi connectivity index (χ4n) is 2.25. The first kappa shape index (κ1) is 15.2. The van der Waals surface area contributed by atoms with Gasteiger partial charge < -0.3 is 14.7 Å². The molecule has 1 fully saturated rings. The zero-order valence-electron chi connectivity index (χ0n) is 11.7. The number of rotatable bonds is 5. The van der Waals surface area contributed by atoms with E-state index in [1.807, 2.05) is 7.05 Å². The number of nitrogens with zero attached hydrogens (tertiary/aromatic N) is 3. The van der Waals surface area contributed by atoms with E-state index in [9.17, 15) is 14.9 Å². The van der Waals surface area contributed by atoms with Gasteiger partial charge in [-0.05, 0) is 19.9 Å². The molecular weight excluding hydrogens is 278 g/mol. The number of piperidine rings is 1. The molecule has 1 aliphatic rings. The zero-order chi connectivity index (χ0) is 15.4. The van der Waals surface area contributed by atoms with Crippen LogP contribution in [-0.2, 0) is 11.2 Å². The second-order valence-electron chi connectivity index (χ2n) is 5.06. The third kappa shape index (κ3) is 4.12. The van der Waals surface area contributed by atoms with Gasteiger partial charge in [0.15, 0.2) is 0 Å². The molecule has 1 aromatic rings. The summed E-state index contributed by atoms with van der Waals surface area (Å²) >= 11 is 0. The topological polar surface area (TPSA) is 106 Å². The van der Waals surface area contributed by atoms with Crippen LogP contribution in [-0.4, -0.2) is 52.1 Å². The van der Waals surface area contributed by atoms with Crippen molar-refractivity contribution >= 4 is 11.7 Å². The van der Waals surface area contributed by atoms with Crippen LogP contribution in [0.25, 0.3) is 0 Å². The van der Waals surface area contributed by atoms with Crippen LogP contribution in [0.1, 0.15) is 18.5 Å². The van der Waals surface area contributed by atoms with Gasteiger partial charge in [-0.3, -0.25) is 14.9 Å². The molecule has 0 spiro atoms. The third-order valence-electron chi connectivity index (χ3n) is 3.39. The molecule has 2 heterocycles. The van der Waals surface area contributed by atoms with Gasteiger partial charge in [0.1, 0.15) is 11.8 Å². The molecule has 0 aliphatic carbocycles. The number of hydrogen-bond donors (Lipinski definition) is 1. The summed E-state index contributed by atoms with van der Waals surface area (Å²) in [5, 5.41) is 19.7. The first-order valence-corrected chi connectivity index (χ1v) is 6.67. The summed E-state index contributed by atoms with van der Waals surface area (Å²) in [5.74, 6) is -0.923. The molecule has 0 amide bonds. The van der Waals surface area contributed by atoms with Gasteiger partial charge in [0.05, 0.1) is 11.3 Å². The molecule has 114 valence electrons.